The monoisotopic (exact) mass is 1710 g/mol. The first-order valence-corrected chi connectivity index (χ1v) is 42.5. The van der Waals surface area contributed by atoms with E-state index in [-0.39, 0.29) is 58.3 Å². The Balaban J connectivity index is 1.08. The molecule has 0 saturated carbocycles. The number of nitrogens with zero attached hydrogens (tertiary/aromatic N) is 11. The molecule has 0 aromatic heterocycles. The molecule has 8 aromatic rings. The molecule has 8 aromatic carbocycles. The quantitative estimate of drug-likeness (QED) is 0.0207. The van der Waals surface area contributed by atoms with Crippen molar-refractivity contribution in [2.24, 2.45) is 28.7 Å². The normalized spacial score (nSPS) is 13.0. The summed E-state index contributed by atoms with van der Waals surface area (Å²) in [6.07, 6.45) is 0. The SMILES string of the molecule is C[C@H](c1ccccc1)N(CC(=O)N(CCN)CC(=O)N(CC(=O)N(CC(=O)N(CCN)CC(=O)N(CC(=O)N(CC(=O)N(CCN)CC(=O)N(CC(=O)N(CC(N)=O)[C@@H](C)c1ccccc1)[C@@H](C)c1ccccc1)[C@H](C)c1ccccc1)[C@@H](C)c1ccccc1)[C@H](C)c1ccccc1)[C@@H](C)c1ccccc1)C(=O)CN(C(=O)CNCCN)[C@H](C)c1ccccc1. The van der Waals surface area contributed by atoms with E-state index in [1.165, 1.54) is 53.9 Å². The van der Waals surface area contributed by atoms with Gasteiger partial charge in [-0.15, -0.1) is 0 Å². The fraction of sp³-hybridized carbons (Fsp3) is 0.375. The van der Waals surface area contributed by atoms with Crippen LogP contribution in [0.2, 0.25) is 0 Å². The second-order valence-electron chi connectivity index (χ2n) is 31.1. The summed E-state index contributed by atoms with van der Waals surface area (Å²) in [4.78, 5) is 195. The second-order valence-corrected chi connectivity index (χ2v) is 31.1. The van der Waals surface area contributed by atoms with E-state index in [2.05, 4.69) is 5.32 Å². The smallest absolute Gasteiger partial charge is 0.243 e. The van der Waals surface area contributed by atoms with E-state index < -0.39 is 185 Å². The highest BCUT2D eigenvalue weighted by Crippen LogP contribution is 2.31. The lowest BCUT2D eigenvalue weighted by Crippen LogP contribution is -2.54. The van der Waals surface area contributed by atoms with Crippen LogP contribution in [0, 0.1) is 0 Å². The molecule has 0 aliphatic carbocycles. The second kappa shape index (κ2) is 49.5. The summed E-state index contributed by atoms with van der Waals surface area (Å²) in [5.41, 5.74) is 35.6. The average molecular weight is 1710 g/mol. The lowest BCUT2D eigenvalue weighted by atomic mass is 10.0. The number of rotatable bonds is 48. The molecular formula is C96H123N17O12. The molecule has 8 atom stereocenters. The summed E-state index contributed by atoms with van der Waals surface area (Å²) in [5, 5.41) is 3.04. The van der Waals surface area contributed by atoms with Crippen LogP contribution in [-0.4, -0.2) is 256 Å². The first-order chi connectivity index (χ1) is 60.1. The lowest BCUT2D eigenvalue weighted by Gasteiger charge is -2.38. The van der Waals surface area contributed by atoms with Gasteiger partial charge in [0.25, 0.3) is 0 Å². The third kappa shape index (κ3) is 28.1. The van der Waals surface area contributed by atoms with Gasteiger partial charge < -0.3 is 87.9 Å². The van der Waals surface area contributed by atoms with Crippen LogP contribution in [0.25, 0.3) is 0 Å². The van der Waals surface area contributed by atoms with Crippen molar-refractivity contribution in [2.45, 2.75) is 104 Å². The van der Waals surface area contributed by atoms with Crippen molar-refractivity contribution in [2.75, 3.05) is 131 Å². The summed E-state index contributed by atoms with van der Waals surface area (Å²) in [7, 11) is 0. The van der Waals surface area contributed by atoms with Gasteiger partial charge in [-0.2, -0.15) is 0 Å². The number of hydrogen-bond acceptors (Lipinski definition) is 17. The molecular weight excluding hydrogens is 1580 g/mol. The van der Waals surface area contributed by atoms with Gasteiger partial charge in [0, 0.05) is 52.4 Å². The van der Waals surface area contributed by atoms with Crippen LogP contribution in [0.4, 0.5) is 0 Å². The van der Waals surface area contributed by atoms with Crippen molar-refractivity contribution in [3.63, 3.8) is 0 Å². The number of nitrogens with two attached hydrogens (primary N) is 5. The Hall–Kier alpha value is -12.8. The number of carbonyl (C=O) groups excluding carboxylic acids is 12. The molecule has 0 radical (unpaired) electrons. The van der Waals surface area contributed by atoms with Crippen LogP contribution in [-0.2, 0) is 57.5 Å². The minimum Gasteiger partial charge on any atom is -0.368 e. The number of carbonyl (C=O) groups is 12. The molecule has 125 heavy (non-hydrogen) atoms. The molecule has 0 aliphatic heterocycles. The predicted molar refractivity (Wildman–Crippen MR) is 481 cm³/mol. The van der Waals surface area contributed by atoms with Crippen molar-refractivity contribution in [1.82, 2.24) is 59.2 Å². The molecule has 0 unspecified atom stereocenters. The maximum atomic E-state index is 15.8. The number of hydrogen-bond donors (Lipinski definition) is 6. The summed E-state index contributed by atoms with van der Waals surface area (Å²) in [6, 6.07) is 65.8. The largest absolute Gasteiger partial charge is 0.368 e. The van der Waals surface area contributed by atoms with Crippen LogP contribution in [0.5, 0.6) is 0 Å². The summed E-state index contributed by atoms with van der Waals surface area (Å²) in [6.45, 7) is 7.10. The maximum absolute atomic E-state index is 15.8. The van der Waals surface area contributed by atoms with Gasteiger partial charge in [0.2, 0.25) is 70.9 Å². The maximum Gasteiger partial charge on any atom is 0.243 e. The lowest BCUT2D eigenvalue weighted by molar-refractivity contribution is -0.152. The van der Waals surface area contributed by atoms with Gasteiger partial charge in [-0.3, -0.25) is 57.5 Å². The molecule has 12 amide bonds. The third-order valence-electron chi connectivity index (χ3n) is 22.9. The fourth-order valence-corrected chi connectivity index (χ4v) is 15.2. The third-order valence-corrected chi connectivity index (χ3v) is 22.9. The fourth-order valence-electron chi connectivity index (χ4n) is 15.2. The van der Waals surface area contributed by atoms with Crippen LogP contribution < -0.4 is 34.0 Å². The molecule has 0 bridgehead atoms. The number of amides is 12. The minimum atomic E-state index is -0.869. The van der Waals surface area contributed by atoms with Gasteiger partial charge in [0.15, 0.2) is 0 Å². The van der Waals surface area contributed by atoms with Gasteiger partial charge in [-0.25, -0.2) is 0 Å². The van der Waals surface area contributed by atoms with Gasteiger partial charge in [0.1, 0.15) is 45.8 Å². The molecule has 8 rings (SSSR count). The highest BCUT2D eigenvalue weighted by atomic mass is 16.2. The van der Waals surface area contributed by atoms with Crippen LogP contribution >= 0.6 is 0 Å². The van der Waals surface area contributed by atoms with Gasteiger partial charge >= 0.3 is 0 Å². The Labute approximate surface area is 734 Å². The topological polar surface area (TPSA) is 383 Å². The first kappa shape index (κ1) is 97.6. The van der Waals surface area contributed by atoms with E-state index in [9.17, 15) is 14.4 Å². The van der Waals surface area contributed by atoms with E-state index in [4.69, 9.17) is 28.7 Å². The molecule has 0 heterocycles. The Morgan fingerprint density at radius 1 is 0.224 bits per heavy atom. The van der Waals surface area contributed by atoms with Crippen molar-refractivity contribution in [3.05, 3.63) is 287 Å². The number of nitrogens with one attached hydrogen (secondary N) is 1. The minimum absolute atomic E-state index is 0.111. The first-order valence-electron chi connectivity index (χ1n) is 42.5. The standard InChI is InChI=1S/C96H123N17O12/c1-69(77-33-17-9-18-34-77)106(58-85(101)114)93(122)66-111(74(6)82-43-27-14-28-44-82)90(119)59-103(54-50-98)88(117)63-109(72(4)80-39-23-12-24-40-80)95(124)68-113(76(8)84-47-31-16-32-48-84)92(121)61-105(56-52-100)89(118)64-110(73(5)81-41-25-13-26-42-81)96(125)67-112(75(7)83-45-29-15-30-46-83)91(120)60-104(55-51-99)87(116)62-108(71(3)79-37-21-11-22-38-79)94(123)65-107(86(115)57-102-53-49-97)70(2)78-35-19-10-20-36-78/h9-48,69-76,102H,49-68,97-100H2,1-8H3,(H2,101,114)/t69-,70+,71+,72+,73+,74-,75-,76-/m0/s1. The predicted octanol–water partition coefficient (Wildman–Crippen LogP) is 7.10. The van der Waals surface area contributed by atoms with Gasteiger partial charge in [-0.1, -0.05) is 243 Å². The molecule has 11 N–H and O–H groups in total. The Bertz CT molecular complexity index is 4740. The van der Waals surface area contributed by atoms with E-state index in [0.29, 0.717) is 45.5 Å². The van der Waals surface area contributed by atoms with Gasteiger partial charge in [-0.05, 0) is 99.9 Å². The number of benzene rings is 8. The van der Waals surface area contributed by atoms with E-state index in [0.717, 1.165) is 5.56 Å². The van der Waals surface area contributed by atoms with E-state index in [1.807, 2.05) is 73.7 Å². The molecule has 0 saturated heterocycles. The van der Waals surface area contributed by atoms with Crippen molar-refractivity contribution in [1.29, 1.82) is 0 Å². The Morgan fingerprint density at radius 2 is 0.384 bits per heavy atom. The van der Waals surface area contributed by atoms with E-state index in [1.54, 1.807) is 224 Å². The number of primary amides is 1. The van der Waals surface area contributed by atoms with Crippen molar-refractivity contribution >= 4 is 70.9 Å². The molecule has 664 valence electrons. The Morgan fingerprint density at radius 3 is 0.552 bits per heavy atom. The van der Waals surface area contributed by atoms with Crippen LogP contribution in [0.1, 0.15) is 148 Å². The van der Waals surface area contributed by atoms with Crippen LogP contribution in [0.3, 0.4) is 0 Å². The summed E-state index contributed by atoms with van der Waals surface area (Å²) in [5.74, 6) is -7.87. The molecule has 29 heteroatoms. The molecule has 0 aliphatic rings. The molecule has 0 spiro atoms. The zero-order chi connectivity index (χ0) is 90.7. The zero-order valence-electron chi connectivity index (χ0n) is 73.1. The average Bonchev–Trinajstić information content (AvgIpc) is 0.825. The molecule has 0 fully saturated rings. The highest BCUT2D eigenvalue weighted by molar-refractivity contribution is 5.96. The van der Waals surface area contributed by atoms with Crippen molar-refractivity contribution in [3.8, 4) is 0 Å². The van der Waals surface area contributed by atoms with Crippen LogP contribution in [0.15, 0.2) is 243 Å². The summed E-state index contributed by atoms with van der Waals surface area (Å²) < 4.78 is 0. The van der Waals surface area contributed by atoms with Gasteiger partial charge in [0.05, 0.1) is 81.1 Å². The van der Waals surface area contributed by atoms with E-state index >= 15 is 43.2 Å². The highest BCUT2D eigenvalue weighted by Gasteiger charge is 2.39. The van der Waals surface area contributed by atoms with Crippen molar-refractivity contribution < 1.29 is 57.5 Å². The summed E-state index contributed by atoms with van der Waals surface area (Å²) >= 11 is 0. The zero-order valence-corrected chi connectivity index (χ0v) is 73.1. The molecule has 29 nitrogen and oxygen atoms in total. The Kier molecular flexibility index (Phi) is 38.7.